The summed E-state index contributed by atoms with van der Waals surface area (Å²) >= 11 is 0. The van der Waals surface area contributed by atoms with Crippen LogP contribution < -0.4 is 10.6 Å². The Balaban J connectivity index is 2.66. The molecule has 1 rings (SSSR count). The van der Waals surface area contributed by atoms with Crippen molar-refractivity contribution in [1.82, 2.24) is 0 Å². The van der Waals surface area contributed by atoms with Crippen molar-refractivity contribution in [3.05, 3.63) is 36.0 Å². The van der Waals surface area contributed by atoms with Crippen molar-refractivity contribution in [1.29, 1.82) is 5.26 Å². The first-order valence-corrected chi connectivity index (χ1v) is 6.81. The number of rotatable bonds is 6. The van der Waals surface area contributed by atoms with E-state index in [1.807, 2.05) is 13.8 Å². The van der Waals surface area contributed by atoms with Gasteiger partial charge in [0, 0.05) is 24.0 Å². The number of benzene rings is 1. The average molecular weight is 301 g/mol. The van der Waals surface area contributed by atoms with E-state index in [0.29, 0.717) is 23.7 Å². The minimum atomic E-state index is -0.701. The lowest BCUT2D eigenvalue weighted by molar-refractivity contribution is -0.135. The van der Waals surface area contributed by atoms with Gasteiger partial charge in [-0.05, 0) is 30.2 Å². The van der Waals surface area contributed by atoms with Crippen LogP contribution in [0.3, 0.4) is 0 Å². The first-order valence-electron chi connectivity index (χ1n) is 6.81. The minimum Gasteiger partial charge on any atom is -0.465 e. The molecule has 6 nitrogen and oxygen atoms in total. The number of methoxy groups -OCH3 is 1. The highest BCUT2D eigenvalue weighted by Crippen LogP contribution is 2.15. The number of nitriles is 1. The molecule has 0 spiro atoms. The maximum atomic E-state index is 11.6. The molecule has 1 amide bonds. The third-order valence-corrected chi connectivity index (χ3v) is 2.67. The number of ether oxygens (including phenoxy) is 1. The third-order valence-electron chi connectivity index (χ3n) is 2.67. The maximum Gasteiger partial charge on any atom is 0.350 e. The van der Waals surface area contributed by atoms with Gasteiger partial charge in [0.05, 0.1) is 7.11 Å². The highest BCUT2D eigenvalue weighted by atomic mass is 16.5. The van der Waals surface area contributed by atoms with Gasteiger partial charge >= 0.3 is 5.97 Å². The Labute approximate surface area is 129 Å². The predicted octanol–water partition coefficient (Wildman–Crippen LogP) is 2.66. The lowest BCUT2D eigenvalue weighted by Gasteiger charge is -2.08. The molecule has 22 heavy (non-hydrogen) atoms. The number of esters is 1. The Morgan fingerprint density at radius 1 is 1.27 bits per heavy atom. The Hall–Kier alpha value is -2.81. The molecule has 116 valence electrons. The van der Waals surface area contributed by atoms with Crippen molar-refractivity contribution in [2.24, 2.45) is 5.92 Å². The maximum absolute atomic E-state index is 11.6. The van der Waals surface area contributed by atoms with Crippen molar-refractivity contribution in [2.75, 3.05) is 17.7 Å². The monoisotopic (exact) mass is 301 g/mol. The molecule has 2 N–H and O–H groups in total. The largest absolute Gasteiger partial charge is 0.465 e. The predicted molar refractivity (Wildman–Crippen MR) is 83.9 cm³/mol. The molecule has 1 aromatic carbocycles. The first kappa shape index (κ1) is 17.2. The summed E-state index contributed by atoms with van der Waals surface area (Å²) in [5.41, 5.74) is 1.24. The van der Waals surface area contributed by atoms with Gasteiger partial charge in [-0.3, -0.25) is 4.79 Å². The zero-order chi connectivity index (χ0) is 16.5. The second-order valence-corrected chi connectivity index (χ2v) is 5.03. The summed E-state index contributed by atoms with van der Waals surface area (Å²) in [6.07, 6.45) is 1.74. The molecule has 0 bridgehead atoms. The lowest BCUT2D eigenvalue weighted by Crippen LogP contribution is -2.13. The summed E-state index contributed by atoms with van der Waals surface area (Å²) in [5.74, 6) is -0.436. The average Bonchev–Trinajstić information content (AvgIpc) is 2.48. The minimum absolute atomic E-state index is 0.0342. The van der Waals surface area contributed by atoms with Gasteiger partial charge in [-0.15, -0.1) is 0 Å². The fourth-order valence-corrected chi connectivity index (χ4v) is 1.63. The van der Waals surface area contributed by atoms with Crippen LogP contribution in [0.5, 0.6) is 0 Å². The summed E-state index contributed by atoms with van der Waals surface area (Å²) in [6.45, 7) is 3.96. The molecule has 0 aliphatic carbocycles. The van der Waals surface area contributed by atoms with Crippen molar-refractivity contribution < 1.29 is 14.3 Å². The fraction of sp³-hybridized carbons (Fsp3) is 0.312. The van der Waals surface area contributed by atoms with Crippen molar-refractivity contribution in [2.45, 2.75) is 20.3 Å². The Morgan fingerprint density at radius 3 is 2.36 bits per heavy atom. The number of hydrogen-bond acceptors (Lipinski definition) is 5. The molecule has 6 heteroatoms. The van der Waals surface area contributed by atoms with Crippen LogP contribution in [-0.4, -0.2) is 19.0 Å². The van der Waals surface area contributed by atoms with E-state index in [9.17, 15) is 9.59 Å². The topological polar surface area (TPSA) is 91.2 Å². The molecular formula is C16H19N3O3. The molecule has 0 aromatic heterocycles. The van der Waals surface area contributed by atoms with Gasteiger partial charge in [0.15, 0.2) is 5.57 Å². The van der Waals surface area contributed by atoms with E-state index < -0.39 is 5.97 Å². The number of nitrogens with zero attached hydrogens (tertiary/aromatic N) is 1. The summed E-state index contributed by atoms with van der Waals surface area (Å²) in [7, 11) is 1.21. The van der Waals surface area contributed by atoms with Crippen LogP contribution in [0.4, 0.5) is 11.4 Å². The number of carbonyl (C=O) groups is 2. The third kappa shape index (κ3) is 5.67. The Bertz CT molecular complexity index is 598. The molecule has 0 aliphatic rings. The van der Waals surface area contributed by atoms with E-state index in [0.717, 1.165) is 0 Å². The first-order chi connectivity index (χ1) is 10.5. The van der Waals surface area contributed by atoms with E-state index in [-0.39, 0.29) is 11.5 Å². The van der Waals surface area contributed by atoms with Crippen molar-refractivity contribution in [3.8, 4) is 6.07 Å². The van der Waals surface area contributed by atoms with Crippen molar-refractivity contribution in [3.63, 3.8) is 0 Å². The summed E-state index contributed by atoms with van der Waals surface area (Å²) in [6, 6.07) is 8.67. The fourth-order valence-electron chi connectivity index (χ4n) is 1.63. The van der Waals surface area contributed by atoms with Crippen LogP contribution >= 0.6 is 0 Å². The molecule has 1 aromatic rings. The second-order valence-electron chi connectivity index (χ2n) is 5.03. The van der Waals surface area contributed by atoms with E-state index in [4.69, 9.17) is 5.26 Å². The highest BCUT2D eigenvalue weighted by molar-refractivity contribution is 5.93. The summed E-state index contributed by atoms with van der Waals surface area (Å²) in [5, 5.41) is 14.4. The molecule has 0 fully saturated rings. The van der Waals surface area contributed by atoms with Crippen LogP contribution in [0.15, 0.2) is 36.0 Å². The zero-order valence-electron chi connectivity index (χ0n) is 12.8. The van der Waals surface area contributed by atoms with Gasteiger partial charge in [-0.1, -0.05) is 13.8 Å². The summed E-state index contributed by atoms with van der Waals surface area (Å²) < 4.78 is 4.47. The quantitative estimate of drug-likeness (QED) is 0.479. The molecule has 0 aliphatic heterocycles. The van der Waals surface area contributed by atoms with Gasteiger partial charge in [-0.2, -0.15) is 5.26 Å². The zero-order valence-corrected chi connectivity index (χ0v) is 12.8. The van der Waals surface area contributed by atoms with E-state index >= 15 is 0 Å². The van der Waals surface area contributed by atoms with Crippen LogP contribution in [0, 0.1) is 17.2 Å². The normalized spacial score (nSPS) is 10.8. The number of carbonyl (C=O) groups excluding carboxylic acids is 2. The Morgan fingerprint density at radius 2 is 1.86 bits per heavy atom. The number of nitrogens with one attached hydrogen (secondary N) is 2. The second kappa shape index (κ2) is 8.47. The molecule has 0 saturated carbocycles. The highest BCUT2D eigenvalue weighted by Gasteiger charge is 2.08. The van der Waals surface area contributed by atoms with Crippen LogP contribution in [0.2, 0.25) is 0 Å². The lowest BCUT2D eigenvalue weighted by atomic mass is 10.1. The van der Waals surface area contributed by atoms with Crippen LogP contribution in [0.25, 0.3) is 0 Å². The number of hydrogen-bond donors (Lipinski definition) is 2. The number of anilines is 2. The van der Waals surface area contributed by atoms with Gasteiger partial charge in [0.25, 0.3) is 0 Å². The van der Waals surface area contributed by atoms with Gasteiger partial charge in [0.1, 0.15) is 6.07 Å². The van der Waals surface area contributed by atoms with Gasteiger partial charge in [-0.25, -0.2) is 4.79 Å². The smallest absolute Gasteiger partial charge is 0.350 e. The van der Waals surface area contributed by atoms with Gasteiger partial charge in [0.2, 0.25) is 5.91 Å². The Kier molecular flexibility index (Phi) is 6.64. The molecule has 0 atom stereocenters. The van der Waals surface area contributed by atoms with E-state index in [1.165, 1.54) is 13.3 Å². The van der Waals surface area contributed by atoms with Crippen molar-refractivity contribution >= 4 is 23.3 Å². The molecule has 0 radical (unpaired) electrons. The van der Waals surface area contributed by atoms with E-state index in [2.05, 4.69) is 15.4 Å². The SMILES string of the molecule is COC(=O)/C(C#N)=C\Nc1ccc(NC(=O)CC(C)C)cc1. The molecule has 0 heterocycles. The molecule has 0 saturated heterocycles. The standard InChI is InChI=1S/C16H19N3O3/c1-11(2)8-15(20)19-14-6-4-13(5-7-14)18-10-12(9-17)16(21)22-3/h4-7,10-11,18H,8H2,1-3H3,(H,19,20)/b12-10-. The van der Waals surface area contributed by atoms with Gasteiger partial charge < -0.3 is 15.4 Å². The van der Waals surface area contributed by atoms with E-state index in [1.54, 1.807) is 30.3 Å². The molecular weight excluding hydrogens is 282 g/mol. The van der Waals surface area contributed by atoms with Crippen LogP contribution in [-0.2, 0) is 14.3 Å². The molecule has 0 unspecified atom stereocenters. The number of amides is 1. The summed E-state index contributed by atoms with van der Waals surface area (Å²) in [4.78, 5) is 22.9. The van der Waals surface area contributed by atoms with Crippen LogP contribution in [0.1, 0.15) is 20.3 Å².